The van der Waals surface area contributed by atoms with Crippen LogP contribution in [0.3, 0.4) is 0 Å². The van der Waals surface area contributed by atoms with Crippen LogP contribution in [0.25, 0.3) is 6.08 Å². The molecule has 0 saturated heterocycles. The van der Waals surface area contributed by atoms with Crippen molar-refractivity contribution in [3.05, 3.63) is 71.6 Å². The topological polar surface area (TPSA) is 53.4 Å². The van der Waals surface area contributed by atoms with Crippen LogP contribution in [0.5, 0.6) is 0 Å². The van der Waals surface area contributed by atoms with Crippen molar-refractivity contribution in [1.82, 2.24) is 9.88 Å². The Kier molecular flexibility index (Phi) is 5.94. The van der Waals surface area contributed by atoms with Gasteiger partial charge in [0.1, 0.15) is 11.6 Å². The van der Waals surface area contributed by atoms with Crippen molar-refractivity contribution < 1.29 is 18.7 Å². The number of halogens is 2. The molecule has 0 fully saturated rings. The lowest BCUT2D eigenvalue weighted by Crippen LogP contribution is -2.31. The van der Waals surface area contributed by atoms with Crippen LogP contribution in [0.2, 0.25) is 0 Å². The van der Waals surface area contributed by atoms with E-state index in [2.05, 4.69) is 4.98 Å². The zero-order chi connectivity index (χ0) is 16.7. The van der Waals surface area contributed by atoms with Crippen LogP contribution >= 0.6 is 0 Å². The lowest BCUT2D eigenvalue weighted by atomic mass is 10.1. The zero-order valence-corrected chi connectivity index (χ0v) is 12.3. The Morgan fingerprint density at radius 3 is 2.57 bits per heavy atom. The Balaban J connectivity index is 2.13. The van der Waals surface area contributed by atoms with E-state index in [1.165, 1.54) is 11.0 Å². The average Bonchev–Trinajstić information content (AvgIpc) is 2.55. The summed E-state index contributed by atoms with van der Waals surface area (Å²) < 4.78 is 27.1. The van der Waals surface area contributed by atoms with Crippen molar-refractivity contribution in [2.24, 2.45) is 0 Å². The molecule has 0 aliphatic heterocycles. The number of amides is 1. The van der Waals surface area contributed by atoms with Gasteiger partial charge >= 0.3 is 0 Å². The summed E-state index contributed by atoms with van der Waals surface area (Å²) >= 11 is 0. The summed E-state index contributed by atoms with van der Waals surface area (Å²) in [6, 6.07) is 7.03. The van der Waals surface area contributed by atoms with E-state index in [1.54, 1.807) is 24.5 Å². The number of aliphatic hydroxyl groups is 1. The van der Waals surface area contributed by atoms with E-state index in [4.69, 9.17) is 5.11 Å². The predicted molar refractivity (Wildman–Crippen MR) is 82.1 cm³/mol. The molecule has 0 spiro atoms. The lowest BCUT2D eigenvalue weighted by Gasteiger charge is -2.20. The van der Waals surface area contributed by atoms with Gasteiger partial charge in [-0.3, -0.25) is 9.78 Å². The Morgan fingerprint density at radius 1 is 1.22 bits per heavy atom. The molecule has 1 amide bonds. The Bertz CT molecular complexity index is 670. The van der Waals surface area contributed by atoms with Crippen LogP contribution in [0, 0.1) is 11.6 Å². The van der Waals surface area contributed by atoms with E-state index < -0.39 is 17.5 Å². The number of benzene rings is 1. The van der Waals surface area contributed by atoms with E-state index in [0.29, 0.717) is 0 Å². The van der Waals surface area contributed by atoms with Gasteiger partial charge in [-0.05, 0) is 29.8 Å². The van der Waals surface area contributed by atoms with E-state index in [-0.39, 0.29) is 25.3 Å². The molecule has 1 heterocycles. The highest BCUT2D eigenvalue weighted by Crippen LogP contribution is 2.14. The molecule has 2 rings (SSSR count). The minimum atomic E-state index is -0.741. The fourth-order valence-electron chi connectivity index (χ4n) is 2.03. The minimum absolute atomic E-state index is 0.109. The fourth-order valence-corrected chi connectivity index (χ4v) is 2.03. The number of nitrogens with zero attached hydrogens (tertiary/aromatic N) is 2. The first-order chi connectivity index (χ1) is 11.1. The molecule has 0 radical (unpaired) electrons. The second-order valence-electron chi connectivity index (χ2n) is 4.81. The summed E-state index contributed by atoms with van der Waals surface area (Å²) in [5.41, 5.74) is 0.519. The fraction of sp³-hybridized carbons (Fsp3) is 0.176. The van der Waals surface area contributed by atoms with Gasteiger partial charge in [-0.1, -0.05) is 12.1 Å². The van der Waals surface area contributed by atoms with E-state index >= 15 is 0 Å². The molecule has 0 bridgehead atoms. The highest BCUT2D eigenvalue weighted by molar-refractivity contribution is 5.91. The third-order valence-electron chi connectivity index (χ3n) is 3.17. The number of aromatic nitrogens is 1. The molecule has 23 heavy (non-hydrogen) atoms. The molecule has 1 N–H and O–H groups in total. The normalized spacial score (nSPS) is 10.9. The summed E-state index contributed by atoms with van der Waals surface area (Å²) in [6.45, 7) is 0.142. The number of hydrogen-bond acceptors (Lipinski definition) is 3. The first-order valence-electron chi connectivity index (χ1n) is 7.02. The average molecular weight is 318 g/mol. The monoisotopic (exact) mass is 318 g/mol. The zero-order valence-electron chi connectivity index (χ0n) is 12.3. The molecule has 0 aliphatic carbocycles. The Morgan fingerprint density at radius 2 is 1.96 bits per heavy atom. The summed E-state index contributed by atoms with van der Waals surface area (Å²) in [6.07, 6.45) is 5.41. The van der Waals surface area contributed by atoms with Crippen molar-refractivity contribution >= 4 is 12.0 Å². The van der Waals surface area contributed by atoms with Gasteiger partial charge in [0.2, 0.25) is 5.91 Å². The van der Waals surface area contributed by atoms with Crippen LogP contribution in [0.15, 0.2) is 48.8 Å². The number of aliphatic hydroxyl groups excluding tert-OH is 1. The Hall–Kier alpha value is -2.60. The maximum absolute atomic E-state index is 13.5. The van der Waals surface area contributed by atoms with Gasteiger partial charge in [0, 0.05) is 37.1 Å². The number of rotatable bonds is 6. The molecule has 120 valence electrons. The highest BCUT2D eigenvalue weighted by Gasteiger charge is 2.12. The predicted octanol–water partition coefficient (Wildman–Crippen LogP) is 2.39. The summed E-state index contributed by atoms with van der Waals surface area (Å²) in [5, 5.41) is 9.08. The highest BCUT2D eigenvalue weighted by atomic mass is 19.1. The number of hydrogen-bond donors (Lipinski definition) is 1. The lowest BCUT2D eigenvalue weighted by molar-refractivity contribution is -0.127. The number of carbonyl (C=O) groups excluding carboxylic acids is 1. The Labute approximate surface area is 132 Å². The van der Waals surface area contributed by atoms with Crippen LogP contribution in [-0.4, -0.2) is 34.0 Å². The minimum Gasteiger partial charge on any atom is -0.395 e. The van der Waals surface area contributed by atoms with E-state index in [1.807, 2.05) is 0 Å². The molecule has 1 aromatic carbocycles. The SMILES string of the molecule is O=C(/C=C/c1c(F)cccc1F)N(CCO)Cc1cccnc1. The first kappa shape index (κ1) is 16.8. The van der Waals surface area contributed by atoms with Gasteiger partial charge in [0.05, 0.1) is 6.61 Å². The molecule has 0 saturated carbocycles. The van der Waals surface area contributed by atoms with Crippen molar-refractivity contribution in [3.8, 4) is 0 Å². The molecule has 0 aliphatic rings. The maximum atomic E-state index is 13.5. The first-order valence-corrected chi connectivity index (χ1v) is 7.02. The molecule has 4 nitrogen and oxygen atoms in total. The van der Waals surface area contributed by atoms with Crippen molar-refractivity contribution in [1.29, 1.82) is 0 Å². The van der Waals surface area contributed by atoms with Gasteiger partial charge in [-0.25, -0.2) is 8.78 Å². The smallest absolute Gasteiger partial charge is 0.246 e. The van der Waals surface area contributed by atoms with Crippen molar-refractivity contribution in [3.63, 3.8) is 0 Å². The standard InChI is InChI=1S/C17H16F2N2O2/c18-15-4-1-5-16(19)14(15)6-7-17(23)21(9-10-22)12-13-3-2-8-20-11-13/h1-8,11,22H,9-10,12H2/b7-6+. The van der Waals surface area contributed by atoms with Gasteiger partial charge in [0.15, 0.2) is 0 Å². The van der Waals surface area contributed by atoms with Crippen molar-refractivity contribution in [2.75, 3.05) is 13.2 Å². The van der Waals surface area contributed by atoms with Crippen molar-refractivity contribution in [2.45, 2.75) is 6.54 Å². The quantitative estimate of drug-likeness (QED) is 0.832. The molecule has 0 atom stereocenters. The number of carbonyl (C=O) groups is 1. The second-order valence-corrected chi connectivity index (χ2v) is 4.81. The molecule has 1 aromatic heterocycles. The molecular formula is C17H16F2N2O2. The van der Waals surface area contributed by atoms with Crippen LogP contribution in [0.4, 0.5) is 8.78 Å². The third-order valence-corrected chi connectivity index (χ3v) is 3.17. The number of pyridine rings is 1. The molecule has 0 unspecified atom stereocenters. The van der Waals surface area contributed by atoms with Gasteiger partial charge in [-0.15, -0.1) is 0 Å². The van der Waals surface area contributed by atoms with Crippen LogP contribution in [-0.2, 0) is 11.3 Å². The third kappa shape index (κ3) is 4.69. The van der Waals surface area contributed by atoms with Gasteiger partial charge in [-0.2, -0.15) is 0 Å². The summed E-state index contributed by atoms with van der Waals surface area (Å²) in [4.78, 5) is 17.5. The molecule has 6 heteroatoms. The largest absolute Gasteiger partial charge is 0.395 e. The van der Waals surface area contributed by atoms with E-state index in [9.17, 15) is 13.6 Å². The van der Waals surface area contributed by atoms with Gasteiger partial charge < -0.3 is 10.0 Å². The molecule has 2 aromatic rings. The van der Waals surface area contributed by atoms with E-state index in [0.717, 1.165) is 29.8 Å². The van der Waals surface area contributed by atoms with Crippen LogP contribution in [0.1, 0.15) is 11.1 Å². The summed E-state index contributed by atoms with van der Waals surface area (Å²) in [7, 11) is 0. The van der Waals surface area contributed by atoms with Gasteiger partial charge in [0.25, 0.3) is 0 Å². The summed E-state index contributed by atoms with van der Waals surface area (Å²) in [5.74, 6) is -1.93. The second kappa shape index (κ2) is 8.14. The maximum Gasteiger partial charge on any atom is 0.246 e. The van der Waals surface area contributed by atoms with Crippen LogP contribution < -0.4 is 0 Å². The molecular weight excluding hydrogens is 302 g/mol.